The van der Waals surface area contributed by atoms with Crippen LogP contribution in [0.3, 0.4) is 0 Å². The second kappa shape index (κ2) is 5.81. The number of amides is 1. The first-order valence-corrected chi connectivity index (χ1v) is 7.42. The van der Waals surface area contributed by atoms with Crippen molar-refractivity contribution in [3.8, 4) is 11.1 Å². The molecule has 2 heterocycles. The number of hydrogen-bond acceptors (Lipinski definition) is 3. The van der Waals surface area contributed by atoms with Gasteiger partial charge in [0, 0.05) is 25.9 Å². The molecule has 0 saturated carbocycles. The molecule has 3 aromatic rings. The number of benzene rings is 1. The highest BCUT2D eigenvalue weighted by molar-refractivity contribution is 5.95. The molecule has 0 atom stereocenters. The topological polar surface area (TPSA) is 74.9 Å². The zero-order chi connectivity index (χ0) is 17.4. The predicted octanol–water partition coefficient (Wildman–Crippen LogP) is 2.71. The molecule has 2 aromatic heterocycles. The van der Waals surface area contributed by atoms with Crippen LogP contribution in [0, 0.1) is 6.92 Å². The average molecular weight is 323 g/mol. The van der Waals surface area contributed by atoms with Crippen molar-refractivity contribution in [3.63, 3.8) is 0 Å². The van der Waals surface area contributed by atoms with Gasteiger partial charge in [0.1, 0.15) is 5.82 Å². The lowest BCUT2D eigenvalue weighted by atomic mass is 10.0. The first-order valence-electron chi connectivity index (χ1n) is 7.42. The summed E-state index contributed by atoms with van der Waals surface area (Å²) in [5.41, 5.74) is 2.97. The monoisotopic (exact) mass is 323 g/mol. The van der Waals surface area contributed by atoms with E-state index in [0.717, 1.165) is 11.1 Å². The number of imidazole rings is 1. The quantitative estimate of drug-likeness (QED) is 0.804. The van der Waals surface area contributed by atoms with E-state index >= 15 is 0 Å². The third-order valence-corrected chi connectivity index (χ3v) is 3.89. The summed E-state index contributed by atoms with van der Waals surface area (Å²) in [4.78, 5) is 28.9. The minimum absolute atomic E-state index is 0.0359. The molecule has 24 heavy (non-hydrogen) atoms. The van der Waals surface area contributed by atoms with Gasteiger partial charge in [0.05, 0.1) is 5.52 Å². The second-order valence-electron chi connectivity index (χ2n) is 5.76. The van der Waals surface area contributed by atoms with Crippen LogP contribution in [0.15, 0.2) is 42.6 Å². The molecule has 122 valence electrons. The maximum atomic E-state index is 11.9. The Labute approximate surface area is 139 Å². The van der Waals surface area contributed by atoms with Crippen molar-refractivity contribution < 1.29 is 14.7 Å². The van der Waals surface area contributed by atoms with E-state index in [1.807, 2.05) is 18.2 Å². The van der Waals surface area contributed by atoms with Crippen LogP contribution in [-0.2, 0) is 0 Å². The summed E-state index contributed by atoms with van der Waals surface area (Å²) in [7, 11) is 3.42. The molecule has 1 amide bonds. The number of aromatic nitrogens is 2. The van der Waals surface area contributed by atoms with Crippen LogP contribution in [0.1, 0.15) is 26.7 Å². The van der Waals surface area contributed by atoms with Gasteiger partial charge in [-0.3, -0.25) is 4.79 Å². The lowest BCUT2D eigenvalue weighted by Gasteiger charge is -2.10. The lowest BCUT2D eigenvalue weighted by molar-refractivity contribution is 0.0692. The Hall–Kier alpha value is -3.15. The van der Waals surface area contributed by atoms with Crippen molar-refractivity contribution in [1.82, 2.24) is 14.3 Å². The third-order valence-electron chi connectivity index (χ3n) is 3.89. The van der Waals surface area contributed by atoms with E-state index in [0.29, 0.717) is 16.9 Å². The van der Waals surface area contributed by atoms with Crippen LogP contribution in [-0.4, -0.2) is 45.4 Å². The number of rotatable bonds is 3. The van der Waals surface area contributed by atoms with Gasteiger partial charge in [0.2, 0.25) is 0 Å². The molecular formula is C18H17N3O3. The number of carboxylic acid groups (broad SMARTS) is 1. The summed E-state index contributed by atoms with van der Waals surface area (Å²) >= 11 is 0. The van der Waals surface area contributed by atoms with Gasteiger partial charge >= 0.3 is 5.97 Å². The number of carboxylic acids is 1. The van der Waals surface area contributed by atoms with Gasteiger partial charge in [0.15, 0.2) is 5.69 Å². The van der Waals surface area contributed by atoms with Crippen molar-refractivity contribution >= 4 is 17.4 Å². The maximum Gasteiger partial charge on any atom is 0.356 e. The summed E-state index contributed by atoms with van der Waals surface area (Å²) < 4.78 is 1.75. The summed E-state index contributed by atoms with van der Waals surface area (Å²) in [6.45, 7) is 1.76. The third kappa shape index (κ3) is 2.62. The fraction of sp³-hybridized carbons (Fsp3) is 0.167. The fourth-order valence-electron chi connectivity index (χ4n) is 2.64. The summed E-state index contributed by atoms with van der Waals surface area (Å²) in [5, 5.41) is 9.29. The molecule has 0 radical (unpaired) electrons. The van der Waals surface area contributed by atoms with E-state index in [2.05, 4.69) is 4.98 Å². The fourth-order valence-corrected chi connectivity index (χ4v) is 2.64. The Morgan fingerprint density at radius 1 is 1.08 bits per heavy atom. The Morgan fingerprint density at radius 3 is 2.33 bits per heavy atom. The standard InChI is InChI=1S/C18H17N3O3/c1-11-19-16(18(23)24)15-10-14(8-9-21(11)15)12-4-6-13(7-5-12)17(22)20(2)3/h4-10H,1-3H3,(H,23,24). The van der Waals surface area contributed by atoms with Gasteiger partial charge in [0.25, 0.3) is 5.91 Å². The van der Waals surface area contributed by atoms with Gasteiger partial charge in [-0.1, -0.05) is 12.1 Å². The van der Waals surface area contributed by atoms with Gasteiger partial charge in [-0.2, -0.15) is 0 Å². The highest BCUT2D eigenvalue weighted by atomic mass is 16.4. The van der Waals surface area contributed by atoms with E-state index in [1.165, 1.54) is 4.90 Å². The molecule has 0 unspecified atom stereocenters. The lowest BCUT2D eigenvalue weighted by Crippen LogP contribution is -2.21. The van der Waals surface area contributed by atoms with Gasteiger partial charge < -0.3 is 14.4 Å². The number of carbonyl (C=O) groups is 2. The summed E-state index contributed by atoms with van der Waals surface area (Å²) in [6.07, 6.45) is 1.80. The number of carbonyl (C=O) groups excluding carboxylic acids is 1. The van der Waals surface area contributed by atoms with E-state index in [1.54, 1.807) is 49.8 Å². The van der Waals surface area contributed by atoms with Crippen molar-refractivity contribution in [2.24, 2.45) is 0 Å². The number of aromatic carboxylic acids is 1. The molecule has 0 aliphatic carbocycles. The molecule has 6 nitrogen and oxygen atoms in total. The van der Waals surface area contributed by atoms with Crippen LogP contribution in [0.4, 0.5) is 0 Å². The van der Waals surface area contributed by atoms with E-state index in [4.69, 9.17) is 0 Å². The van der Waals surface area contributed by atoms with Gasteiger partial charge in [-0.15, -0.1) is 0 Å². The largest absolute Gasteiger partial charge is 0.476 e. The number of aryl methyl sites for hydroxylation is 1. The van der Waals surface area contributed by atoms with Crippen LogP contribution >= 0.6 is 0 Å². The first kappa shape index (κ1) is 15.7. The molecule has 0 fully saturated rings. The van der Waals surface area contributed by atoms with Gasteiger partial charge in [-0.25, -0.2) is 9.78 Å². The molecule has 1 aromatic carbocycles. The maximum absolute atomic E-state index is 11.9. The summed E-state index contributed by atoms with van der Waals surface area (Å²) in [5.74, 6) is -0.484. The van der Waals surface area contributed by atoms with Crippen molar-refractivity contribution in [2.75, 3.05) is 14.1 Å². The smallest absolute Gasteiger partial charge is 0.356 e. The Morgan fingerprint density at radius 2 is 1.75 bits per heavy atom. The number of hydrogen-bond donors (Lipinski definition) is 1. The minimum Gasteiger partial charge on any atom is -0.476 e. The highest BCUT2D eigenvalue weighted by Crippen LogP contribution is 2.24. The van der Waals surface area contributed by atoms with E-state index < -0.39 is 5.97 Å². The van der Waals surface area contributed by atoms with Crippen LogP contribution in [0.25, 0.3) is 16.6 Å². The minimum atomic E-state index is -1.05. The van der Waals surface area contributed by atoms with E-state index in [9.17, 15) is 14.7 Å². The molecule has 6 heteroatoms. The van der Waals surface area contributed by atoms with Crippen molar-refractivity contribution in [1.29, 1.82) is 0 Å². The van der Waals surface area contributed by atoms with Crippen LogP contribution in [0.2, 0.25) is 0 Å². The molecule has 0 aliphatic rings. The molecule has 0 saturated heterocycles. The molecule has 0 bridgehead atoms. The first-order chi connectivity index (χ1) is 11.4. The zero-order valence-electron chi connectivity index (χ0n) is 13.6. The molecule has 3 rings (SSSR count). The molecule has 0 aliphatic heterocycles. The zero-order valence-corrected chi connectivity index (χ0v) is 13.6. The van der Waals surface area contributed by atoms with Crippen LogP contribution < -0.4 is 0 Å². The highest BCUT2D eigenvalue weighted by Gasteiger charge is 2.15. The summed E-state index contributed by atoms with van der Waals surface area (Å²) in [6, 6.07) is 10.9. The molecule has 0 spiro atoms. The van der Waals surface area contributed by atoms with Crippen LogP contribution in [0.5, 0.6) is 0 Å². The van der Waals surface area contributed by atoms with Gasteiger partial charge in [-0.05, 0) is 42.3 Å². The number of fused-ring (bicyclic) bond motifs is 1. The SMILES string of the molecule is Cc1nc(C(=O)O)c2cc(-c3ccc(C(=O)N(C)C)cc3)ccn12. The normalized spacial score (nSPS) is 10.8. The number of pyridine rings is 1. The second-order valence-corrected chi connectivity index (χ2v) is 5.76. The van der Waals surface area contributed by atoms with E-state index in [-0.39, 0.29) is 11.6 Å². The van der Waals surface area contributed by atoms with Crippen molar-refractivity contribution in [2.45, 2.75) is 6.92 Å². The average Bonchev–Trinajstić information content (AvgIpc) is 2.91. The predicted molar refractivity (Wildman–Crippen MR) is 90.3 cm³/mol. The molecular weight excluding hydrogens is 306 g/mol. The molecule has 1 N–H and O–H groups in total. The Balaban J connectivity index is 2.05. The number of nitrogens with zero attached hydrogens (tertiary/aromatic N) is 3. The Kier molecular flexibility index (Phi) is 3.81. The Bertz CT molecular complexity index is 940. The van der Waals surface area contributed by atoms with Crippen molar-refractivity contribution in [3.05, 3.63) is 59.7 Å².